The number of hydrogen-bond acceptors (Lipinski definition) is 5. The highest BCUT2D eigenvalue weighted by atomic mass is 16.5. The first-order valence-corrected chi connectivity index (χ1v) is 5.12. The second kappa shape index (κ2) is 4.93. The minimum atomic E-state index is 0.411. The summed E-state index contributed by atoms with van der Waals surface area (Å²) in [5.74, 6) is 1.52. The normalized spacial score (nSPS) is 17.6. The highest BCUT2D eigenvalue weighted by Gasteiger charge is 2.14. The number of nitrogen functional groups attached to an aromatic ring is 1. The van der Waals surface area contributed by atoms with Gasteiger partial charge >= 0.3 is 0 Å². The summed E-state index contributed by atoms with van der Waals surface area (Å²) in [6.45, 7) is 2.35. The SMILES string of the molecule is Nc1cnc(OCC2CCOCC2)cn1. The highest BCUT2D eigenvalue weighted by molar-refractivity contribution is 5.24. The molecule has 0 aromatic carbocycles. The molecule has 5 heteroatoms. The van der Waals surface area contributed by atoms with Gasteiger partial charge in [0.1, 0.15) is 5.82 Å². The van der Waals surface area contributed by atoms with Gasteiger partial charge in [0.15, 0.2) is 0 Å². The van der Waals surface area contributed by atoms with Gasteiger partial charge in [0.2, 0.25) is 5.88 Å². The van der Waals surface area contributed by atoms with Crippen molar-refractivity contribution in [2.24, 2.45) is 5.92 Å². The van der Waals surface area contributed by atoms with E-state index >= 15 is 0 Å². The van der Waals surface area contributed by atoms with Gasteiger partial charge in [-0.25, -0.2) is 9.97 Å². The predicted octanol–water partition coefficient (Wildman–Crippen LogP) is 0.864. The quantitative estimate of drug-likeness (QED) is 0.799. The molecule has 82 valence electrons. The van der Waals surface area contributed by atoms with E-state index in [0.717, 1.165) is 26.1 Å². The van der Waals surface area contributed by atoms with Crippen LogP contribution in [0.2, 0.25) is 0 Å². The van der Waals surface area contributed by atoms with Gasteiger partial charge in [-0.1, -0.05) is 0 Å². The Morgan fingerprint density at radius 3 is 2.80 bits per heavy atom. The largest absolute Gasteiger partial charge is 0.476 e. The molecule has 1 fully saturated rings. The van der Waals surface area contributed by atoms with Gasteiger partial charge in [0.25, 0.3) is 0 Å². The van der Waals surface area contributed by atoms with Crippen LogP contribution < -0.4 is 10.5 Å². The Labute approximate surface area is 88.6 Å². The maximum atomic E-state index is 5.52. The molecule has 0 saturated carbocycles. The van der Waals surface area contributed by atoms with Crippen molar-refractivity contribution in [2.75, 3.05) is 25.6 Å². The Kier molecular flexibility index (Phi) is 3.34. The molecular formula is C10H15N3O2. The molecule has 0 radical (unpaired) electrons. The summed E-state index contributed by atoms with van der Waals surface area (Å²) in [5.41, 5.74) is 5.42. The predicted molar refractivity (Wildman–Crippen MR) is 55.5 cm³/mol. The van der Waals surface area contributed by atoms with Crippen LogP contribution in [0, 0.1) is 5.92 Å². The lowest BCUT2D eigenvalue weighted by molar-refractivity contribution is 0.0490. The fourth-order valence-corrected chi connectivity index (χ4v) is 1.52. The second-order valence-electron chi connectivity index (χ2n) is 3.65. The molecular weight excluding hydrogens is 194 g/mol. The molecule has 1 saturated heterocycles. The number of aromatic nitrogens is 2. The van der Waals surface area contributed by atoms with E-state index in [1.54, 1.807) is 6.20 Å². The number of hydrogen-bond donors (Lipinski definition) is 1. The summed E-state index contributed by atoms with van der Waals surface area (Å²) < 4.78 is 10.8. The van der Waals surface area contributed by atoms with Gasteiger partial charge in [-0.3, -0.25) is 0 Å². The van der Waals surface area contributed by atoms with Crippen molar-refractivity contribution in [1.29, 1.82) is 0 Å². The zero-order valence-corrected chi connectivity index (χ0v) is 8.56. The van der Waals surface area contributed by atoms with Crippen LogP contribution in [0.15, 0.2) is 12.4 Å². The molecule has 0 unspecified atom stereocenters. The summed E-state index contributed by atoms with van der Waals surface area (Å²) >= 11 is 0. The van der Waals surface area contributed by atoms with Gasteiger partial charge in [-0.2, -0.15) is 0 Å². The summed E-state index contributed by atoms with van der Waals surface area (Å²) in [5, 5.41) is 0. The molecule has 0 spiro atoms. The van der Waals surface area contributed by atoms with E-state index < -0.39 is 0 Å². The van der Waals surface area contributed by atoms with Gasteiger partial charge < -0.3 is 15.2 Å². The molecule has 0 atom stereocenters. The van der Waals surface area contributed by atoms with Crippen LogP contribution in [-0.2, 0) is 4.74 Å². The molecule has 5 nitrogen and oxygen atoms in total. The van der Waals surface area contributed by atoms with Crippen LogP contribution in [-0.4, -0.2) is 29.8 Å². The van der Waals surface area contributed by atoms with Crippen molar-refractivity contribution in [2.45, 2.75) is 12.8 Å². The van der Waals surface area contributed by atoms with Crippen molar-refractivity contribution in [3.63, 3.8) is 0 Å². The summed E-state index contributed by atoms with van der Waals surface area (Å²) in [6, 6.07) is 0. The van der Waals surface area contributed by atoms with Crippen molar-refractivity contribution < 1.29 is 9.47 Å². The Morgan fingerprint density at radius 2 is 2.13 bits per heavy atom. The van der Waals surface area contributed by atoms with E-state index in [1.165, 1.54) is 6.20 Å². The Hall–Kier alpha value is -1.36. The first-order valence-electron chi connectivity index (χ1n) is 5.12. The lowest BCUT2D eigenvalue weighted by Gasteiger charge is -2.21. The molecule has 2 heterocycles. The van der Waals surface area contributed by atoms with Crippen LogP contribution in [0.25, 0.3) is 0 Å². The van der Waals surface area contributed by atoms with Gasteiger partial charge in [-0.05, 0) is 18.8 Å². The summed E-state index contributed by atoms with van der Waals surface area (Å²) in [4.78, 5) is 7.93. The summed E-state index contributed by atoms with van der Waals surface area (Å²) in [6.07, 6.45) is 5.17. The molecule has 0 amide bonds. The number of nitrogens with two attached hydrogens (primary N) is 1. The zero-order chi connectivity index (χ0) is 10.5. The Balaban J connectivity index is 1.79. The lowest BCUT2D eigenvalue weighted by Crippen LogP contribution is -2.21. The molecule has 1 aliphatic heterocycles. The van der Waals surface area contributed by atoms with Crippen molar-refractivity contribution in [1.82, 2.24) is 9.97 Å². The number of rotatable bonds is 3. The zero-order valence-electron chi connectivity index (χ0n) is 8.56. The average Bonchev–Trinajstić information content (AvgIpc) is 2.30. The fourth-order valence-electron chi connectivity index (χ4n) is 1.52. The molecule has 15 heavy (non-hydrogen) atoms. The molecule has 0 aliphatic carbocycles. The van der Waals surface area contributed by atoms with Gasteiger partial charge in [-0.15, -0.1) is 0 Å². The van der Waals surface area contributed by atoms with Crippen LogP contribution in [0.4, 0.5) is 5.82 Å². The minimum absolute atomic E-state index is 0.411. The van der Waals surface area contributed by atoms with Crippen LogP contribution in [0.3, 0.4) is 0 Å². The van der Waals surface area contributed by atoms with E-state index in [0.29, 0.717) is 24.2 Å². The fraction of sp³-hybridized carbons (Fsp3) is 0.600. The summed E-state index contributed by atoms with van der Waals surface area (Å²) in [7, 11) is 0. The molecule has 2 N–H and O–H groups in total. The molecule has 2 rings (SSSR count). The number of ether oxygens (including phenoxy) is 2. The molecule has 1 aliphatic rings. The third-order valence-electron chi connectivity index (χ3n) is 2.46. The third-order valence-corrected chi connectivity index (χ3v) is 2.46. The standard InChI is InChI=1S/C10H15N3O2/c11-9-5-13-10(6-12-9)15-7-8-1-3-14-4-2-8/h5-6,8H,1-4,7H2,(H2,11,12). The van der Waals surface area contributed by atoms with Gasteiger partial charge in [0, 0.05) is 13.2 Å². The lowest BCUT2D eigenvalue weighted by atomic mass is 10.0. The first kappa shape index (κ1) is 10.2. The Morgan fingerprint density at radius 1 is 1.33 bits per heavy atom. The monoisotopic (exact) mass is 209 g/mol. The van der Waals surface area contributed by atoms with Crippen molar-refractivity contribution >= 4 is 5.82 Å². The Bertz CT molecular complexity index is 296. The van der Waals surface area contributed by atoms with E-state index in [1.807, 2.05) is 0 Å². The van der Waals surface area contributed by atoms with Crippen LogP contribution >= 0.6 is 0 Å². The highest BCUT2D eigenvalue weighted by Crippen LogP contribution is 2.16. The smallest absolute Gasteiger partial charge is 0.232 e. The maximum Gasteiger partial charge on any atom is 0.232 e. The van der Waals surface area contributed by atoms with Crippen LogP contribution in [0.5, 0.6) is 5.88 Å². The maximum absolute atomic E-state index is 5.52. The first-order chi connectivity index (χ1) is 7.34. The van der Waals surface area contributed by atoms with Gasteiger partial charge in [0.05, 0.1) is 19.0 Å². The molecule has 1 aromatic rings. The van der Waals surface area contributed by atoms with E-state index in [4.69, 9.17) is 15.2 Å². The topological polar surface area (TPSA) is 70.3 Å². The molecule has 0 bridgehead atoms. The van der Waals surface area contributed by atoms with E-state index in [-0.39, 0.29) is 0 Å². The average molecular weight is 209 g/mol. The van der Waals surface area contributed by atoms with Crippen LogP contribution in [0.1, 0.15) is 12.8 Å². The van der Waals surface area contributed by atoms with Crippen molar-refractivity contribution in [3.8, 4) is 5.88 Å². The number of nitrogens with zero attached hydrogens (tertiary/aromatic N) is 2. The minimum Gasteiger partial charge on any atom is -0.476 e. The number of anilines is 1. The van der Waals surface area contributed by atoms with E-state index in [2.05, 4.69) is 9.97 Å². The second-order valence-corrected chi connectivity index (χ2v) is 3.65. The third kappa shape index (κ3) is 3.06. The van der Waals surface area contributed by atoms with E-state index in [9.17, 15) is 0 Å². The molecule has 1 aromatic heterocycles. The van der Waals surface area contributed by atoms with Crippen molar-refractivity contribution in [3.05, 3.63) is 12.4 Å².